The predicted molar refractivity (Wildman–Crippen MR) is 122 cm³/mol. The van der Waals surface area contributed by atoms with Crippen molar-refractivity contribution < 1.29 is 12.8 Å². The molecule has 0 amide bonds. The smallest absolute Gasteiger partial charge is 0.268 e. The van der Waals surface area contributed by atoms with Gasteiger partial charge in [-0.25, -0.2) is 16.8 Å². The van der Waals surface area contributed by atoms with Crippen LogP contribution in [-0.2, 0) is 10.0 Å². The number of rotatable bonds is 4. The van der Waals surface area contributed by atoms with E-state index in [2.05, 4.69) is 15.9 Å². The van der Waals surface area contributed by atoms with Crippen molar-refractivity contribution in [2.45, 2.75) is 24.2 Å². The zero-order valence-corrected chi connectivity index (χ0v) is 18.4. The average Bonchev–Trinajstić information content (AvgIpc) is 3.43. The Bertz CT molecular complexity index is 1270. The summed E-state index contributed by atoms with van der Waals surface area (Å²) < 4.78 is 42.8. The zero-order chi connectivity index (χ0) is 21.6. The van der Waals surface area contributed by atoms with Crippen LogP contribution in [0.1, 0.15) is 24.8 Å². The van der Waals surface area contributed by atoms with Crippen molar-refractivity contribution in [3.63, 3.8) is 0 Å². The molecule has 0 unspecified atom stereocenters. The first-order valence-electron chi connectivity index (χ1n) is 10.7. The van der Waals surface area contributed by atoms with Gasteiger partial charge in [0.05, 0.1) is 10.4 Å². The number of fused-ring (bicyclic) bond motifs is 1. The lowest BCUT2D eigenvalue weighted by Crippen LogP contribution is -2.23. The number of likely N-dealkylation sites (N-methyl/N-ethyl adjacent to an activating group) is 1. The van der Waals surface area contributed by atoms with Crippen molar-refractivity contribution in [3.8, 4) is 0 Å². The average molecular weight is 440 g/mol. The number of nitrogens with zero attached hydrogens (tertiary/aromatic N) is 3. The summed E-state index contributed by atoms with van der Waals surface area (Å²) in [5.74, 6) is -0.367. The minimum absolute atomic E-state index is 0.252. The first-order valence-corrected chi connectivity index (χ1v) is 12.2. The van der Waals surface area contributed by atoms with Crippen LogP contribution in [0.3, 0.4) is 0 Å². The summed E-state index contributed by atoms with van der Waals surface area (Å²) in [6.07, 6.45) is 6.82. The lowest BCUT2D eigenvalue weighted by atomic mass is 9.99. The van der Waals surface area contributed by atoms with Gasteiger partial charge in [-0.3, -0.25) is 0 Å². The second kappa shape index (κ2) is 7.80. The van der Waals surface area contributed by atoms with Crippen LogP contribution in [0.4, 0.5) is 10.1 Å². The van der Waals surface area contributed by atoms with E-state index < -0.39 is 10.0 Å². The first-order chi connectivity index (χ1) is 14.9. The van der Waals surface area contributed by atoms with Crippen LogP contribution in [0, 0.1) is 5.82 Å². The number of hydrogen-bond acceptors (Lipinski definition) is 4. The standard InChI is InChI=1S/C24H26FN3O2S/c1-26-13-9-18(10-14-26)23-17-28(24-8-7-19(25)15-22(23)24)31(29,30)21-6-4-5-20(16-21)27-11-2-3-12-27/h4-9,15-17H,2-3,10-14H2,1H3. The number of benzene rings is 2. The lowest BCUT2D eigenvalue weighted by molar-refractivity contribution is 0.370. The fourth-order valence-corrected chi connectivity index (χ4v) is 5.98. The van der Waals surface area contributed by atoms with Crippen LogP contribution in [0.5, 0.6) is 0 Å². The van der Waals surface area contributed by atoms with Crippen molar-refractivity contribution >= 4 is 32.2 Å². The molecule has 1 saturated heterocycles. The van der Waals surface area contributed by atoms with E-state index in [1.165, 1.54) is 16.1 Å². The highest BCUT2D eigenvalue weighted by molar-refractivity contribution is 7.90. The fourth-order valence-electron chi connectivity index (χ4n) is 4.57. The van der Waals surface area contributed by atoms with Gasteiger partial charge >= 0.3 is 0 Å². The summed E-state index contributed by atoms with van der Waals surface area (Å²) in [5.41, 5.74) is 3.29. The molecule has 1 fully saturated rings. The van der Waals surface area contributed by atoms with Crippen LogP contribution in [0.15, 0.2) is 59.6 Å². The Morgan fingerprint density at radius 3 is 2.55 bits per heavy atom. The molecule has 5 nitrogen and oxygen atoms in total. The summed E-state index contributed by atoms with van der Waals surface area (Å²) in [6.45, 7) is 3.57. The van der Waals surface area contributed by atoms with E-state index in [9.17, 15) is 12.8 Å². The Balaban J connectivity index is 1.64. The molecule has 0 bridgehead atoms. The number of halogens is 1. The molecule has 7 heteroatoms. The van der Waals surface area contributed by atoms with Gasteiger partial charge in [0.1, 0.15) is 5.82 Å². The molecule has 0 aliphatic carbocycles. The quantitative estimate of drug-likeness (QED) is 0.607. The van der Waals surface area contributed by atoms with Crippen molar-refractivity contribution in [2.75, 3.05) is 38.1 Å². The molecule has 0 spiro atoms. The summed E-state index contributed by atoms with van der Waals surface area (Å²) in [6, 6.07) is 11.5. The van der Waals surface area contributed by atoms with E-state index in [0.717, 1.165) is 62.3 Å². The SMILES string of the molecule is CN1CC=C(c2cn(S(=O)(=O)c3cccc(N4CCCC4)c3)c3ccc(F)cc23)CC1. The van der Waals surface area contributed by atoms with E-state index in [0.29, 0.717) is 10.9 Å². The fraction of sp³-hybridized carbons (Fsp3) is 0.333. The number of hydrogen-bond donors (Lipinski definition) is 0. The monoisotopic (exact) mass is 439 g/mol. The van der Waals surface area contributed by atoms with E-state index >= 15 is 0 Å². The minimum atomic E-state index is -3.83. The van der Waals surface area contributed by atoms with E-state index in [-0.39, 0.29) is 10.7 Å². The maximum Gasteiger partial charge on any atom is 0.268 e. The second-order valence-corrected chi connectivity index (χ2v) is 10.3. The van der Waals surface area contributed by atoms with Crippen molar-refractivity contribution in [3.05, 3.63) is 66.1 Å². The molecule has 2 aliphatic rings. The highest BCUT2D eigenvalue weighted by Gasteiger charge is 2.25. The number of aromatic nitrogens is 1. The van der Waals surface area contributed by atoms with Gasteiger partial charge in [0.15, 0.2) is 0 Å². The number of anilines is 1. The molecule has 31 heavy (non-hydrogen) atoms. The molecule has 1 aromatic heterocycles. The molecule has 3 heterocycles. The largest absolute Gasteiger partial charge is 0.371 e. The van der Waals surface area contributed by atoms with Gasteiger partial charge in [-0.15, -0.1) is 0 Å². The Morgan fingerprint density at radius 1 is 1.00 bits per heavy atom. The second-order valence-electron chi connectivity index (χ2n) is 8.44. The van der Waals surface area contributed by atoms with E-state index in [4.69, 9.17) is 0 Å². The maximum absolute atomic E-state index is 14.1. The van der Waals surface area contributed by atoms with Gasteiger partial charge in [0, 0.05) is 49.0 Å². The van der Waals surface area contributed by atoms with Crippen LogP contribution in [-0.4, -0.2) is 50.5 Å². The summed E-state index contributed by atoms with van der Waals surface area (Å²) in [5, 5.41) is 0.634. The molecule has 162 valence electrons. The zero-order valence-electron chi connectivity index (χ0n) is 17.6. The molecule has 0 radical (unpaired) electrons. The Kier molecular flexibility index (Phi) is 5.10. The minimum Gasteiger partial charge on any atom is -0.371 e. The Hall–Kier alpha value is -2.64. The third kappa shape index (κ3) is 3.66. The topological polar surface area (TPSA) is 45.6 Å². The van der Waals surface area contributed by atoms with Crippen LogP contribution < -0.4 is 4.90 Å². The third-order valence-corrected chi connectivity index (χ3v) is 8.01. The molecular weight excluding hydrogens is 413 g/mol. The molecule has 0 saturated carbocycles. The molecule has 0 atom stereocenters. The Labute approximate surface area is 182 Å². The normalized spacial score (nSPS) is 18.0. The van der Waals surface area contributed by atoms with Gasteiger partial charge in [-0.1, -0.05) is 12.1 Å². The van der Waals surface area contributed by atoms with E-state index in [1.807, 2.05) is 13.1 Å². The van der Waals surface area contributed by atoms with Gasteiger partial charge < -0.3 is 9.80 Å². The van der Waals surface area contributed by atoms with Crippen molar-refractivity contribution in [2.24, 2.45) is 0 Å². The molecular formula is C24H26FN3O2S. The van der Waals surface area contributed by atoms with Crippen molar-refractivity contribution in [1.29, 1.82) is 0 Å². The maximum atomic E-state index is 14.1. The van der Waals surface area contributed by atoms with Crippen LogP contribution in [0.25, 0.3) is 16.5 Å². The van der Waals surface area contributed by atoms with Gasteiger partial charge in [0.25, 0.3) is 10.0 Å². The highest BCUT2D eigenvalue weighted by atomic mass is 32.2. The lowest BCUT2D eigenvalue weighted by Gasteiger charge is -2.21. The molecule has 2 aromatic carbocycles. The molecule has 0 N–H and O–H groups in total. The molecule has 2 aliphatic heterocycles. The third-order valence-electron chi connectivity index (χ3n) is 6.34. The van der Waals surface area contributed by atoms with Crippen molar-refractivity contribution in [1.82, 2.24) is 8.87 Å². The van der Waals surface area contributed by atoms with Gasteiger partial charge in [-0.05, 0) is 68.3 Å². The molecule has 3 aromatic rings. The van der Waals surface area contributed by atoms with Crippen LogP contribution in [0.2, 0.25) is 0 Å². The van der Waals surface area contributed by atoms with Gasteiger partial charge in [-0.2, -0.15) is 0 Å². The highest BCUT2D eigenvalue weighted by Crippen LogP contribution is 2.34. The van der Waals surface area contributed by atoms with Crippen LogP contribution >= 0.6 is 0 Å². The Morgan fingerprint density at radius 2 is 1.81 bits per heavy atom. The summed E-state index contributed by atoms with van der Waals surface area (Å²) >= 11 is 0. The summed E-state index contributed by atoms with van der Waals surface area (Å²) in [4.78, 5) is 4.67. The van der Waals surface area contributed by atoms with Gasteiger partial charge in [0.2, 0.25) is 0 Å². The molecule has 5 rings (SSSR count). The first kappa shape index (κ1) is 20.3. The predicted octanol–water partition coefficient (Wildman–Crippen LogP) is 4.34. The summed E-state index contributed by atoms with van der Waals surface area (Å²) in [7, 11) is -1.78. The van der Waals surface area contributed by atoms with E-state index in [1.54, 1.807) is 30.5 Å².